The monoisotopic (exact) mass is 345 g/mol. The van der Waals surface area contributed by atoms with Crippen molar-refractivity contribution in [2.45, 2.75) is 25.9 Å². The number of hydrogen-bond acceptors (Lipinski definition) is 6. The Labute approximate surface area is 147 Å². The highest BCUT2D eigenvalue weighted by Gasteiger charge is 2.26. The van der Waals surface area contributed by atoms with E-state index in [1.54, 1.807) is 0 Å². The molecule has 0 fully saturated rings. The molecule has 7 nitrogen and oxygen atoms in total. The van der Waals surface area contributed by atoms with E-state index >= 15 is 0 Å². The molecule has 1 aromatic carbocycles. The number of aromatic nitrogens is 2. The summed E-state index contributed by atoms with van der Waals surface area (Å²) in [6.07, 6.45) is 0.705. The number of nitrogens with zero attached hydrogens (tertiary/aromatic N) is 2. The molecule has 25 heavy (non-hydrogen) atoms. The summed E-state index contributed by atoms with van der Waals surface area (Å²) in [4.78, 5) is 20.0. The maximum Gasteiger partial charge on any atom is 0.323 e. The molecule has 0 bridgehead atoms. The Morgan fingerprint density at radius 2 is 1.72 bits per heavy atom. The summed E-state index contributed by atoms with van der Waals surface area (Å²) in [5.74, 6) is -0.117. The zero-order valence-corrected chi connectivity index (χ0v) is 14.6. The van der Waals surface area contributed by atoms with E-state index in [2.05, 4.69) is 9.97 Å². The van der Waals surface area contributed by atoms with Gasteiger partial charge in [-0.15, -0.1) is 0 Å². The first-order valence-electron chi connectivity index (χ1n) is 8.00. The Hall–Kier alpha value is -2.83. The summed E-state index contributed by atoms with van der Waals surface area (Å²) in [5.41, 5.74) is 6.71. The molecule has 2 unspecified atom stereocenters. The lowest BCUT2D eigenvalue weighted by molar-refractivity contribution is -0.127. The number of amides is 1. The van der Waals surface area contributed by atoms with Gasteiger partial charge in [-0.25, -0.2) is 0 Å². The van der Waals surface area contributed by atoms with Crippen molar-refractivity contribution in [2.24, 2.45) is 11.7 Å². The van der Waals surface area contributed by atoms with Crippen LogP contribution in [-0.4, -0.2) is 36.2 Å². The third-order valence-corrected chi connectivity index (χ3v) is 3.84. The van der Waals surface area contributed by atoms with Crippen LogP contribution in [-0.2, 0) is 11.2 Å². The molecule has 0 aliphatic heterocycles. The molecule has 1 heterocycles. The number of aryl methyl sites for hydroxylation is 1. The first kappa shape index (κ1) is 18.5. The first-order chi connectivity index (χ1) is 12.0. The van der Waals surface area contributed by atoms with Crippen molar-refractivity contribution in [3.8, 4) is 17.8 Å². The van der Waals surface area contributed by atoms with E-state index in [1.165, 1.54) is 25.8 Å². The highest BCUT2D eigenvalue weighted by molar-refractivity contribution is 5.79. The van der Waals surface area contributed by atoms with Crippen molar-refractivity contribution in [1.82, 2.24) is 9.97 Å². The van der Waals surface area contributed by atoms with Crippen LogP contribution in [0.1, 0.15) is 18.9 Å². The highest BCUT2D eigenvalue weighted by atomic mass is 16.5. The van der Waals surface area contributed by atoms with Crippen LogP contribution >= 0.6 is 0 Å². The summed E-state index contributed by atoms with van der Waals surface area (Å²) in [6.45, 7) is 1.91. The van der Waals surface area contributed by atoms with Crippen molar-refractivity contribution in [3.05, 3.63) is 42.0 Å². The van der Waals surface area contributed by atoms with E-state index in [1.807, 2.05) is 37.3 Å². The standard InChI is InChI=1S/C18H23N3O4/c1-12(9-10-13-7-5-4-6-8-13)16(17(19)22)25-18-20-14(23-2)11-15(21-18)24-3/h4-8,11-12,16H,9-10H2,1-3H3,(H2,19,22). The van der Waals surface area contributed by atoms with Gasteiger partial charge in [-0.1, -0.05) is 37.3 Å². The van der Waals surface area contributed by atoms with Crippen LogP contribution in [0, 0.1) is 5.92 Å². The maximum atomic E-state index is 11.8. The van der Waals surface area contributed by atoms with Gasteiger partial charge in [0, 0.05) is 5.92 Å². The lowest BCUT2D eigenvalue weighted by Gasteiger charge is -2.21. The second-order valence-electron chi connectivity index (χ2n) is 5.68. The average molecular weight is 345 g/mol. The number of nitrogens with two attached hydrogens (primary N) is 1. The molecular formula is C18H23N3O4. The van der Waals surface area contributed by atoms with Gasteiger partial charge in [-0.3, -0.25) is 4.79 Å². The van der Waals surface area contributed by atoms with Crippen LogP contribution in [0.25, 0.3) is 0 Å². The van der Waals surface area contributed by atoms with Gasteiger partial charge in [0.2, 0.25) is 11.8 Å². The number of rotatable bonds is 9. The quantitative estimate of drug-likeness (QED) is 0.746. The third-order valence-electron chi connectivity index (χ3n) is 3.84. The van der Waals surface area contributed by atoms with Gasteiger partial charge in [0.25, 0.3) is 5.91 Å². The summed E-state index contributed by atoms with van der Waals surface area (Å²) >= 11 is 0. The largest absolute Gasteiger partial charge is 0.481 e. The highest BCUT2D eigenvalue weighted by Crippen LogP contribution is 2.22. The second kappa shape index (κ2) is 8.86. The fourth-order valence-electron chi connectivity index (χ4n) is 2.40. The molecule has 1 aromatic heterocycles. The van der Waals surface area contributed by atoms with Gasteiger partial charge >= 0.3 is 6.01 Å². The molecule has 2 aromatic rings. The maximum absolute atomic E-state index is 11.8. The fourth-order valence-corrected chi connectivity index (χ4v) is 2.40. The van der Waals surface area contributed by atoms with E-state index in [-0.39, 0.29) is 23.7 Å². The van der Waals surface area contributed by atoms with E-state index < -0.39 is 12.0 Å². The molecule has 0 spiro atoms. The molecule has 7 heteroatoms. The minimum absolute atomic E-state index is 0.00781. The normalized spacial score (nSPS) is 12.9. The number of carbonyl (C=O) groups excluding carboxylic acids is 1. The predicted molar refractivity (Wildman–Crippen MR) is 92.7 cm³/mol. The molecular weight excluding hydrogens is 322 g/mol. The van der Waals surface area contributed by atoms with Crippen LogP contribution < -0.4 is 19.9 Å². The molecule has 2 rings (SSSR count). The Bertz CT molecular complexity index is 672. The number of methoxy groups -OCH3 is 2. The summed E-state index contributed by atoms with van der Waals surface area (Å²) in [7, 11) is 2.94. The second-order valence-corrected chi connectivity index (χ2v) is 5.68. The zero-order valence-electron chi connectivity index (χ0n) is 14.6. The van der Waals surface area contributed by atoms with Crippen molar-refractivity contribution >= 4 is 5.91 Å². The lowest BCUT2D eigenvalue weighted by atomic mass is 9.95. The van der Waals surface area contributed by atoms with Crippen molar-refractivity contribution in [1.29, 1.82) is 0 Å². The van der Waals surface area contributed by atoms with E-state index in [9.17, 15) is 4.79 Å². The molecule has 0 aliphatic rings. The van der Waals surface area contributed by atoms with Crippen molar-refractivity contribution < 1.29 is 19.0 Å². The average Bonchev–Trinajstić information content (AvgIpc) is 2.64. The minimum Gasteiger partial charge on any atom is -0.481 e. The molecule has 1 amide bonds. The molecule has 0 radical (unpaired) electrons. The van der Waals surface area contributed by atoms with Crippen LogP contribution in [0.4, 0.5) is 0 Å². The van der Waals surface area contributed by atoms with Crippen LogP contribution in [0.5, 0.6) is 17.8 Å². The number of ether oxygens (including phenoxy) is 3. The van der Waals surface area contributed by atoms with Crippen LogP contribution in [0.2, 0.25) is 0 Å². The first-order valence-corrected chi connectivity index (χ1v) is 8.00. The van der Waals surface area contributed by atoms with Crippen LogP contribution in [0.3, 0.4) is 0 Å². The number of benzene rings is 1. The van der Waals surface area contributed by atoms with Gasteiger partial charge in [0.1, 0.15) is 0 Å². The van der Waals surface area contributed by atoms with Gasteiger partial charge in [0.05, 0.1) is 20.3 Å². The van der Waals surface area contributed by atoms with E-state index in [4.69, 9.17) is 19.9 Å². The molecule has 2 atom stereocenters. The van der Waals surface area contributed by atoms with Crippen molar-refractivity contribution in [2.75, 3.05) is 14.2 Å². The minimum atomic E-state index is -0.847. The van der Waals surface area contributed by atoms with Gasteiger partial charge in [0.15, 0.2) is 6.10 Å². The zero-order chi connectivity index (χ0) is 18.2. The van der Waals surface area contributed by atoms with E-state index in [0.29, 0.717) is 0 Å². The third kappa shape index (κ3) is 5.34. The molecule has 0 saturated carbocycles. The Morgan fingerprint density at radius 3 is 2.24 bits per heavy atom. The van der Waals surface area contributed by atoms with Gasteiger partial charge in [-0.2, -0.15) is 9.97 Å². The van der Waals surface area contributed by atoms with Gasteiger partial charge < -0.3 is 19.9 Å². The summed E-state index contributed by atoms with van der Waals surface area (Å²) in [5, 5.41) is 0. The van der Waals surface area contributed by atoms with Crippen LogP contribution in [0.15, 0.2) is 36.4 Å². The Kier molecular flexibility index (Phi) is 6.56. The van der Waals surface area contributed by atoms with E-state index in [0.717, 1.165) is 12.8 Å². The molecule has 0 aliphatic carbocycles. The summed E-state index contributed by atoms with van der Waals surface area (Å²) in [6, 6.07) is 11.5. The number of carbonyl (C=O) groups is 1. The Balaban J connectivity index is 2.08. The fraction of sp³-hybridized carbons (Fsp3) is 0.389. The summed E-state index contributed by atoms with van der Waals surface area (Å²) < 4.78 is 15.8. The SMILES string of the molecule is COc1cc(OC)nc(OC(C(N)=O)C(C)CCc2ccccc2)n1. The predicted octanol–water partition coefficient (Wildman–Crippen LogP) is 2.00. The number of hydrogen-bond donors (Lipinski definition) is 1. The Morgan fingerprint density at radius 1 is 1.12 bits per heavy atom. The molecule has 0 saturated heterocycles. The molecule has 134 valence electrons. The smallest absolute Gasteiger partial charge is 0.323 e. The number of primary amides is 1. The van der Waals surface area contributed by atoms with Crippen molar-refractivity contribution in [3.63, 3.8) is 0 Å². The molecule has 2 N–H and O–H groups in total. The van der Waals surface area contributed by atoms with Gasteiger partial charge in [-0.05, 0) is 18.4 Å². The lowest BCUT2D eigenvalue weighted by Crippen LogP contribution is -2.39. The topological polar surface area (TPSA) is 96.6 Å².